The maximum Gasteiger partial charge on any atom is 0.136 e. The number of fused-ring (bicyclic) bond motifs is 1. The second-order valence-electron chi connectivity index (χ2n) is 4.00. The van der Waals surface area contributed by atoms with Crippen molar-refractivity contribution in [3.05, 3.63) is 59.2 Å². The van der Waals surface area contributed by atoms with Crippen LogP contribution in [0.15, 0.2) is 36.5 Å². The molecule has 1 aliphatic rings. The zero-order valence-corrected chi connectivity index (χ0v) is 9.48. The van der Waals surface area contributed by atoms with E-state index in [0.717, 1.165) is 17.9 Å². The predicted molar refractivity (Wildman–Crippen MR) is 63.6 cm³/mol. The molecule has 0 radical (unpaired) electrons. The standard InChI is InChI=1S/C13H11ClN2/c14-8-10-5-6-15-13(16-10)12-7-9-3-1-2-4-11(9)12/h1-6,12H,7-8H2. The third-order valence-electron chi connectivity index (χ3n) is 3.04. The molecule has 0 bridgehead atoms. The van der Waals surface area contributed by atoms with Gasteiger partial charge in [-0.3, -0.25) is 0 Å². The van der Waals surface area contributed by atoms with Gasteiger partial charge in [-0.05, 0) is 23.6 Å². The highest BCUT2D eigenvalue weighted by Crippen LogP contribution is 2.38. The number of nitrogens with zero attached hydrogens (tertiary/aromatic N) is 2. The van der Waals surface area contributed by atoms with Gasteiger partial charge in [-0.25, -0.2) is 9.97 Å². The molecule has 0 aliphatic heterocycles. The van der Waals surface area contributed by atoms with E-state index >= 15 is 0 Å². The second-order valence-corrected chi connectivity index (χ2v) is 4.26. The van der Waals surface area contributed by atoms with E-state index in [1.807, 2.05) is 6.07 Å². The maximum atomic E-state index is 5.77. The molecular formula is C13H11ClN2. The molecule has 1 aromatic carbocycles. The Hall–Kier alpha value is -1.41. The summed E-state index contributed by atoms with van der Waals surface area (Å²) in [7, 11) is 0. The van der Waals surface area contributed by atoms with E-state index in [9.17, 15) is 0 Å². The highest BCUT2D eigenvalue weighted by Gasteiger charge is 2.29. The monoisotopic (exact) mass is 230 g/mol. The molecule has 0 spiro atoms. The van der Waals surface area contributed by atoms with Gasteiger partial charge in [0, 0.05) is 12.1 Å². The minimum atomic E-state index is 0.361. The van der Waals surface area contributed by atoms with E-state index in [0.29, 0.717) is 11.8 Å². The molecule has 0 fully saturated rings. The Morgan fingerprint density at radius 2 is 2.12 bits per heavy atom. The summed E-state index contributed by atoms with van der Waals surface area (Å²) in [6.07, 6.45) is 2.84. The lowest BCUT2D eigenvalue weighted by Crippen LogP contribution is -2.20. The van der Waals surface area contributed by atoms with Crippen molar-refractivity contribution in [2.45, 2.75) is 18.2 Å². The van der Waals surface area contributed by atoms with Crippen LogP contribution in [0.4, 0.5) is 0 Å². The fraction of sp³-hybridized carbons (Fsp3) is 0.231. The molecule has 0 amide bonds. The van der Waals surface area contributed by atoms with Gasteiger partial charge in [0.05, 0.1) is 11.6 Å². The van der Waals surface area contributed by atoms with E-state index in [1.165, 1.54) is 11.1 Å². The largest absolute Gasteiger partial charge is 0.241 e. The lowest BCUT2D eigenvalue weighted by molar-refractivity contribution is 0.655. The van der Waals surface area contributed by atoms with Crippen LogP contribution in [-0.4, -0.2) is 9.97 Å². The molecule has 1 atom stereocenters. The number of aromatic nitrogens is 2. The van der Waals surface area contributed by atoms with Crippen molar-refractivity contribution < 1.29 is 0 Å². The number of hydrogen-bond acceptors (Lipinski definition) is 2. The molecule has 1 heterocycles. The fourth-order valence-electron chi connectivity index (χ4n) is 2.14. The van der Waals surface area contributed by atoms with Crippen molar-refractivity contribution in [2.24, 2.45) is 0 Å². The van der Waals surface area contributed by atoms with E-state index in [1.54, 1.807) is 6.20 Å². The van der Waals surface area contributed by atoms with Gasteiger partial charge in [0.25, 0.3) is 0 Å². The Kier molecular flexibility index (Phi) is 2.37. The molecule has 3 rings (SSSR count). The summed E-state index contributed by atoms with van der Waals surface area (Å²) in [5.74, 6) is 1.71. The van der Waals surface area contributed by atoms with Crippen molar-refractivity contribution in [3.8, 4) is 0 Å². The minimum Gasteiger partial charge on any atom is -0.241 e. The van der Waals surface area contributed by atoms with Gasteiger partial charge < -0.3 is 0 Å². The number of alkyl halides is 1. The molecule has 1 unspecified atom stereocenters. The number of hydrogen-bond donors (Lipinski definition) is 0. The van der Waals surface area contributed by atoms with Crippen molar-refractivity contribution in [1.29, 1.82) is 0 Å². The molecular weight excluding hydrogens is 220 g/mol. The summed E-state index contributed by atoms with van der Waals surface area (Å²) < 4.78 is 0. The Morgan fingerprint density at radius 3 is 2.94 bits per heavy atom. The predicted octanol–water partition coefficient (Wildman–Crippen LogP) is 2.90. The molecule has 2 nitrogen and oxygen atoms in total. The Morgan fingerprint density at radius 1 is 1.25 bits per heavy atom. The summed E-state index contributed by atoms with van der Waals surface area (Å²) in [5, 5.41) is 0. The highest BCUT2D eigenvalue weighted by atomic mass is 35.5. The molecule has 0 saturated heterocycles. The third-order valence-corrected chi connectivity index (χ3v) is 3.31. The first-order valence-electron chi connectivity index (χ1n) is 5.34. The zero-order chi connectivity index (χ0) is 11.0. The van der Waals surface area contributed by atoms with Crippen molar-refractivity contribution >= 4 is 11.6 Å². The van der Waals surface area contributed by atoms with Gasteiger partial charge in [-0.2, -0.15) is 0 Å². The Balaban J connectivity index is 1.96. The molecule has 3 heteroatoms. The van der Waals surface area contributed by atoms with Gasteiger partial charge in [0.15, 0.2) is 0 Å². The van der Waals surface area contributed by atoms with Crippen LogP contribution in [0.1, 0.15) is 28.6 Å². The first-order chi connectivity index (χ1) is 7.88. The van der Waals surface area contributed by atoms with E-state index in [2.05, 4.69) is 34.2 Å². The lowest BCUT2D eigenvalue weighted by Gasteiger charge is -2.28. The first kappa shape index (κ1) is 9.79. The summed E-state index contributed by atoms with van der Waals surface area (Å²) in [5.41, 5.74) is 3.66. The van der Waals surface area contributed by atoms with Gasteiger partial charge >= 0.3 is 0 Å². The molecule has 2 aromatic rings. The Bertz CT molecular complexity index is 525. The SMILES string of the molecule is ClCc1ccnc(C2Cc3ccccc32)n1. The van der Waals surface area contributed by atoms with E-state index in [-0.39, 0.29) is 0 Å². The normalized spacial score (nSPS) is 17.7. The van der Waals surface area contributed by atoms with Crippen LogP contribution >= 0.6 is 11.6 Å². The van der Waals surface area contributed by atoms with Crippen LogP contribution in [0.3, 0.4) is 0 Å². The zero-order valence-electron chi connectivity index (χ0n) is 8.73. The second kappa shape index (κ2) is 3.87. The average Bonchev–Trinajstić information content (AvgIpc) is 2.31. The summed E-state index contributed by atoms with van der Waals surface area (Å²) in [6, 6.07) is 10.3. The maximum absolute atomic E-state index is 5.77. The summed E-state index contributed by atoms with van der Waals surface area (Å²) in [6.45, 7) is 0. The van der Waals surface area contributed by atoms with Gasteiger partial charge in [0.1, 0.15) is 5.82 Å². The average molecular weight is 231 g/mol. The van der Waals surface area contributed by atoms with Crippen LogP contribution in [0.25, 0.3) is 0 Å². The van der Waals surface area contributed by atoms with Crippen LogP contribution < -0.4 is 0 Å². The van der Waals surface area contributed by atoms with E-state index in [4.69, 9.17) is 11.6 Å². The van der Waals surface area contributed by atoms with Crippen molar-refractivity contribution in [3.63, 3.8) is 0 Å². The highest BCUT2D eigenvalue weighted by molar-refractivity contribution is 6.16. The van der Waals surface area contributed by atoms with E-state index < -0.39 is 0 Å². The quantitative estimate of drug-likeness (QED) is 0.742. The fourth-order valence-corrected chi connectivity index (χ4v) is 2.29. The molecule has 1 aliphatic carbocycles. The lowest BCUT2D eigenvalue weighted by atomic mass is 9.77. The number of benzene rings is 1. The van der Waals surface area contributed by atoms with Gasteiger partial charge in [-0.1, -0.05) is 24.3 Å². The number of halogens is 1. The molecule has 80 valence electrons. The van der Waals surface area contributed by atoms with Gasteiger partial charge in [0.2, 0.25) is 0 Å². The third kappa shape index (κ3) is 1.50. The topological polar surface area (TPSA) is 25.8 Å². The molecule has 0 saturated carbocycles. The van der Waals surface area contributed by atoms with Crippen LogP contribution in [0.5, 0.6) is 0 Å². The first-order valence-corrected chi connectivity index (χ1v) is 5.87. The summed E-state index contributed by atoms with van der Waals surface area (Å²) >= 11 is 5.77. The summed E-state index contributed by atoms with van der Waals surface area (Å²) in [4.78, 5) is 8.81. The molecule has 16 heavy (non-hydrogen) atoms. The smallest absolute Gasteiger partial charge is 0.136 e. The van der Waals surface area contributed by atoms with Gasteiger partial charge in [-0.15, -0.1) is 11.6 Å². The van der Waals surface area contributed by atoms with Crippen LogP contribution in [-0.2, 0) is 12.3 Å². The molecule has 0 N–H and O–H groups in total. The van der Waals surface area contributed by atoms with Crippen LogP contribution in [0, 0.1) is 0 Å². The van der Waals surface area contributed by atoms with Crippen molar-refractivity contribution in [2.75, 3.05) is 0 Å². The minimum absolute atomic E-state index is 0.361. The molecule has 1 aromatic heterocycles. The van der Waals surface area contributed by atoms with Crippen LogP contribution in [0.2, 0.25) is 0 Å². The number of rotatable bonds is 2. The Labute approximate surface area is 99.3 Å². The van der Waals surface area contributed by atoms with Crippen molar-refractivity contribution in [1.82, 2.24) is 9.97 Å².